The van der Waals surface area contributed by atoms with Crippen molar-refractivity contribution >= 4 is 35.2 Å². The minimum absolute atomic E-state index is 0.0852. The average Bonchev–Trinajstić information content (AvgIpc) is 2.87. The number of nitrogens with zero attached hydrogens (tertiary/aromatic N) is 1. The van der Waals surface area contributed by atoms with Gasteiger partial charge in [-0.25, -0.2) is 0 Å². The summed E-state index contributed by atoms with van der Waals surface area (Å²) in [6, 6.07) is 24.3. The molecule has 1 unspecified atom stereocenters. The van der Waals surface area contributed by atoms with Crippen molar-refractivity contribution < 1.29 is 14.3 Å². The van der Waals surface area contributed by atoms with Gasteiger partial charge in [0.25, 0.3) is 0 Å². The van der Waals surface area contributed by atoms with Crippen molar-refractivity contribution in [3.05, 3.63) is 101 Å². The molecule has 3 aromatic carbocycles. The molecule has 3 rings (SSSR count). The molecule has 0 aromatic heterocycles. The molecule has 0 bridgehead atoms. The average molecular weight is 497 g/mol. The van der Waals surface area contributed by atoms with E-state index in [1.54, 1.807) is 31.2 Å². The van der Waals surface area contributed by atoms with E-state index in [9.17, 15) is 9.59 Å². The van der Waals surface area contributed by atoms with Gasteiger partial charge >= 0.3 is 0 Å². The highest BCUT2D eigenvalue weighted by Crippen LogP contribution is 2.20. The minimum Gasteiger partial charge on any atom is -0.497 e. The van der Waals surface area contributed by atoms with Gasteiger partial charge in [-0.2, -0.15) is 0 Å². The van der Waals surface area contributed by atoms with Gasteiger partial charge in [-0.05, 0) is 41.0 Å². The Morgan fingerprint density at radius 2 is 1.59 bits per heavy atom. The number of thioether (sulfide) groups is 1. The lowest BCUT2D eigenvalue weighted by Gasteiger charge is -2.31. The SMILES string of the molecule is CNC(=O)C(Cc1ccccc1)N(Cc1ccc(Cl)cc1)C(=O)CSCc1ccc(OC)cc1. The Morgan fingerprint density at radius 1 is 0.941 bits per heavy atom. The molecule has 1 N–H and O–H groups in total. The predicted molar refractivity (Wildman–Crippen MR) is 139 cm³/mol. The summed E-state index contributed by atoms with van der Waals surface area (Å²) in [5.74, 6) is 1.48. The second-order valence-corrected chi connectivity index (χ2v) is 9.23. The molecule has 5 nitrogen and oxygen atoms in total. The zero-order valence-corrected chi connectivity index (χ0v) is 20.9. The highest BCUT2D eigenvalue weighted by Gasteiger charge is 2.29. The van der Waals surface area contributed by atoms with Crippen molar-refractivity contribution in [2.75, 3.05) is 19.9 Å². The molecule has 0 aliphatic rings. The third-order valence-corrected chi connectivity index (χ3v) is 6.68. The van der Waals surface area contributed by atoms with Crippen LogP contribution in [0.2, 0.25) is 5.02 Å². The van der Waals surface area contributed by atoms with Crippen molar-refractivity contribution in [1.82, 2.24) is 10.2 Å². The third-order valence-electron chi connectivity index (χ3n) is 5.44. The van der Waals surface area contributed by atoms with Crippen LogP contribution in [0.25, 0.3) is 0 Å². The normalized spacial score (nSPS) is 11.5. The molecular weight excluding hydrogens is 468 g/mol. The number of nitrogens with one attached hydrogen (secondary N) is 1. The third kappa shape index (κ3) is 7.54. The van der Waals surface area contributed by atoms with Gasteiger partial charge in [0.1, 0.15) is 11.8 Å². The highest BCUT2D eigenvalue weighted by molar-refractivity contribution is 7.99. The molecule has 0 saturated carbocycles. The van der Waals surface area contributed by atoms with Crippen molar-refractivity contribution in [3.63, 3.8) is 0 Å². The summed E-state index contributed by atoms with van der Waals surface area (Å²) in [5.41, 5.74) is 3.02. The number of likely N-dealkylation sites (N-methyl/N-ethyl adjacent to an activating group) is 1. The largest absolute Gasteiger partial charge is 0.497 e. The zero-order valence-electron chi connectivity index (χ0n) is 19.4. The first-order chi connectivity index (χ1) is 16.5. The fourth-order valence-electron chi connectivity index (χ4n) is 3.57. The van der Waals surface area contributed by atoms with Gasteiger partial charge in [0.2, 0.25) is 11.8 Å². The monoisotopic (exact) mass is 496 g/mol. The number of halogens is 1. The van der Waals surface area contributed by atoms with Crippen LogP contribution in [0.15, 0.2) is 78.9 Å². The number of rotatable bonds is 11. The summed E-state index contributed by atoms with van der Waals surface area (Å²) in [4.78, 5) is 28.0. The van der Waals surface area contributed by atoms with Gasteiger partial charge < -0.3 is 15.0 Å². The zero-order chi connectivity index (χ0) is 24.3. The summed E-state index contributed by atoms with van der Waals surface area (Å²) in [7, 11) is 3.24. The molecular formula is C27H29ClN2O3S. The number of hydrogen-bond donors (Lipinski definition) is 1. The van der Waals surface area contributed by atoms with Crippen LogP contribution < -0.4 is 10.1 Å². The van der Waals surface area contributed by atoms with Crippen molar-refractivity contribution in [3.8, 4) is 5.75 Å². The first-order valence-electron chi connectivity index (χ1n) is 11.0. The lowest BCUT2D eigenvalue weighted by atomic mass is 10.0. The molecule has 0 saturated heterocycles. The van der Waals surface area contributed by atoms with Crippen LogP contribution in [0, 0.1) is 0 Å². The fraction of sp³-hybridized carbons (Fsp3) is 0.259. The van der Waals surface area contributed by atoms with E-state index in [1.807, 2.05) is 66.7 Å². The number of methoxy groups -OCH3 is 1. The van der Waals surface area contributed by atoms with Crippen molar-refractivity contribution in [1.29, 1.82) is 0 Å². The van der Waals surface area contributed by atoms with E-state index in [2.05, 4.69) is 5.32 Å². The van der Waals surface area contributed by atoms with E-state index < -0.39 is 6.04 Å². The quantitative estimate of drug-likeness (QED) is 0.407. The Bertz CT molecular complexity index is 1060. The van der Waals surface area contributed by atoms with Gasteiger partial charge in [-0.1, -0.05) is 66.2 Å². The smallest absolute Gasteiger partial charge is 0.242 e. The van der Waals surface area contributed by atoms with Gasteiger partial charge in [-0.3, -0.25) is 9.59 Å². The van der Waals surface area contributed by atoms with E-state index in [0.29, 0.717) is 23.7 Å². The predicted octanol–water partition coefficient (Wildman–Crippen LogP) is 4.97. The lowest BCUT2D eigenvalue weighted by molar-refractivity contribution is -0.139. The Hall–Kier alpha value is -2.96. The van der Waals surface area contributed by atoms with Crippen LogP contribution in [0.4, 0.5) is 0 Å². The molecule has 0 radical (unpaired) electrons. The van der Waals surface area contributed by atoms with Gasteiger partial charge in [0, 0.05) is 30.8 Å². The summed E-state index contributed by atoms with van der Waals surface area (Å²) in [5, 5.41) is 3.36. The molecule has 0 spiro atoms. The maximum absolute atomic E-state index is 13.4. The van der Waals surface area contributed by atoms with Crippen molar-refractivity contribution in [2.45, 2.75) is 24.8 Å². The molecule has 2 amide bonds. The summed E-state index contributed by atoms with van der Waals surface area (Å²) >= 11 is 7.57. The molecule has 0 heterocycles. The molecule has 7 heteroatoms. The van der Waals surface area contributed by atoms with Crippen LogP contribution >= 0.6 is 23.4 Å². The Morgan fingerprint density at radius 3 is 2.21 bits per heavy atom. The van der Waals surface area contributed by atoms with E-state index in [-0.39, 0.29) is 17.6 Å². The number of benzene rings is 3. The van der Waals surface area contributed by atoms with E-state index in [1.165, 1.54) is 11.8 Å². The van der Waals surface area contributed by atoms with Crippen LogP contribution in [-0.2, 0) is 28.3 Å². The van der Waals surface area contributed by atoms with Crippen LogP contribution in [0.5, 0.6) is 5.75 Å². The molecule has 0 aliphatic carbocycles. The Kier molecular flexibility index (Phi) is 9.86. The first kappa shape index (κ1) is 25.7. The van der Waals surface area contributed by atoms with E-state index >= 15 is 0 Å². The number of hydrogen-bond acceptors (Lipinski definition) is 4. The lowest BCUT2D eigenvalue weighted by Crippen LogP contribution is -2.50. The van der Waals surface area contributed by atoms with Crippen LogP contribution in [0.3, 0.4) is 0 Å². The Balaban J connectivity index is 1.77. The topological polar surface area (TPSA) is 58.6 Å². The molecule has 178 valence electrons. The second kappa shape index (κ2) is 13.1. The number of amides is 2. The summed E-state index contributed by atoms with van der Waals surface area (Å²) in [6.07, 6.45) is 0.434. The summed E-state index contributed by atoms with van der Waals surface area (Å²) in [6.45, 7) is 0.323. The van der Waals surface area contributed by atoms with Gasteiger partial charge in [0.15, 0.2) is 0 Å². The maximum atomic E-state index is 13.4. The fourth-order valence-corrected chi connectivity index (χ4v) is 4.56. The summed E-state index contributed by atoms with van der Waals surface area (Å²) < 4.78 is 5.20. The molecule has 3 aromatic rings. The molecule has 1 atom stereocenters. The van der Waals surface area contributed by atoms with Gasteiger partial charge in [-0.15, -0.1) is 11.8 Å². The van der Waals surface area contributed by atoms with Crippen LogP contribution in [-0.4, -0.2) is 42.7 Å². The minimum atomic E-state index is -0.628. The Labute approximate surface area is 210 Å². The van der Waals surface area contributed by atoms with E-state index in [4.69, 9.17) is 16.3 Å². The van der Waals surface area contributed by atoms with E-state index in [0.717, 1.165) is 22.4 Å². The standard InChI is InChI=1S/C27H29ClN2O3S/c1-29-27(32)25(16-20-6-4-3-5-7-20)30(17-21-8-12-23(28)13-9-21)26(31)19-34-18-22-10-14-24(33-2)15-11-22/h3-15,25H,16-19H2,1-2H3,(H,29,32). The number of carbonyl (C=O) groups is 2. The first-order valence-corrected chi connectivity index (χ1v) is 12.5. The molecule has 34 heavy (non-hydrogen) atoms. The maximum Gasteiger partial charge on any atom is 0.242 e. The molecule has 0 aliphatic heterocycles. The number of carbonyl (C=O) groups excluding carboxylic acids is 2. The second-order valence-electron chi connectivity index (χ2n) is 7.81. The number of ether oxygens (including phenoxy) is 1. The highest BCUT2D eigenvalue weighted by atomic mass is 35.5. The van der Waals surface area contributed by atoms with Crippen molar-refractivity contribution in [2.24, 2.45) is 0 Å². The van der Waals surface area contributed by atoms with Crippen LogP contribution in [0.1, 0.15) is 16.7 Å². The molecule has 0 fully saturated rings. The van der Waals surface area contributed by atoms with Gasteiger partial charge in [0.05, 0.1) is 12.9 Å².